The third-order valence-corrected chi connectivity index (χ3v) is 2.66. The highest BCUT2D eigenvalue weighted by atomic mass is 35.5. The minimum Gasteiger partial charge on any atom is -0.305 e. The normalized spacial score (nSPS) is 11.1. The average Bonchev–Trinajstić information content (AvgIpc) is 2.73. The Morgan fingerprint density at radius 2 is 2.18 bits per heavy atom. The summed E-state index contributed by atoms with van der Waals surface area (Å²) in [6.07, 6.45) is 5.00. The maximum Gasteiger partial charge on any atom is 0.288 e. The summed E-state index contributed by atoms with van der Waals surface area (Å²) in [5.74, 6) is 0. The molecule has 17 heavy (non-hydrogen) atoms. The van der Waals surface area contributed by atoms with Crippen molar-refractivity contribution in [2.45, 2.75) is 26.4 Å². The van der Waals surface area contributed by atoms with Gasteiger partial charge in [-0.25, -0.2) is 4.98 Å². The van der Waals surface area contributed by atoms with Gasteiger partial charge in [0.1, 0.15) is 0 Å². The fraction of sp³-hybridized carbons (Fsp3) is 0.364. The van der Waals surface area contributed by atoms with E-state index in [2.05, 4.69) is 10.1 Å². The van der Waals surface area contributed by atoms with Gasteiger partial charge in [-0.2, -0.15) is 5.10 Å². The van der Waals surface area contributed by atoms with Crippen LogP contribution in [0.25, 0.3) is 0 Å². The molecule has 6 heteroatoms. The van der Waals surface area contributed by atoms with Crippen LogP contribution in [0.5, 0.6) is 0 Å². The zero-order chi connectivity index (χ0) is 12.4. The van der Waals surface area contributed by atoms with Crippen LogP contribution in [0.1, 0.15) is 25.6 Å². The Bertz CT molecular complexity index is 573. The molecule has 0 aliphatic heterocycles. The van der Waals surface area contributed by atoms with Gasteiger partial charge < -0.3 is 4.57 Å². The molecule has 2 aromatic rings. The van der Waals surface area contributed by atoms with Gasteiger partial charge in [0, 0.05) is 24.6 Å². The first-order chi connectivity index (χ1) is 8.08. The van der Waals surface area contributed by atoms with Gasteiger partial charge in [0.25, 0.3) is 5.56 Å². The molecule has 0 radical (unpaired) electrons. The van der Waals surface area contributed by atoms with Crippen molar-refractivity contribution in [3.63, 3.8) is 0 Å². The highest BCUT2D eigenvalue weighted by Gasteiger charge is 2.06. The summed E-state index contributed by atoms with van der Waals surface area (Å²) < 4.78 is 3.34. The Morgan fingerprint density at radius 3 is 2.82 bits per heavy atom. The smallest absolute Gasteiger partial charge is 0.288 e. The molecule has 0 atom stereocenters. The first-order valence-electron chi connectivity index (χ1n) is 5.33. The average molecular weight is 253 g/mol. The number of hydrogen-bond donors (Lipinski definition) is 0. The van der Waals surface area contributed by atoms with Crippen molar-refractivity contribution in [1.82, 2.24) is 19.3 Å². The zero-order valence-electron chi connectivity index (χ0n) is 9.67. The minimum atomic E-state index is -0.298. The fourth-order valence-corrected chi connectivity index (χ4v) is 1.63. The van der Waals surface area contributed by atoms with Crippen LogP contribution in [0.15, 0.2) is 29.5 Å². The Hall–Kier alpha value is -1.62. The molecule has 0 bridgehead atoms. The van der Waals surface area contributed by atoms with E-state index >= 15 is 0 Å². The third kappa shape index (κ3) is 2.55. The van der Waals surface area contributed by atoms with Crippen LogP contribution in [-0.2, 0) is 6.54 Å². The van der Waals surface area contributed by atoms with Crippen LogP contribution in [-0.4, -0.2) is 19.3 Å². The molecule has 90 valence electrons. The van der Waals surface area contributed by atoms with Crippen LogP contribution in [0.4, 0.5) is 0 Å². The van der Waals surface area contributed by atoms with Gasteiger partial charge in [0.05, 0.1) is 12.2 Å². The van der Waals surface area contributed by atoms with Gasteiger partial charge in [-0.3, -0.25) is 9.48 Å². The predicted octanol–water partition coefficient (Wildman–Crippen LogP) is 1.72. The SMILES string of the molecule is CC(C)n1ccc(Cn2ccnc(Cl)c2=O)n1. The molecule has 5 nitrogen and oxygen atoms in total. The van der Waals surface area contributed by atoms with Gasteiger partial charge in [0.15, 0.2) is 5.15 Å². The molecule has 0 saturated heterocycles. The summed E-state index contributed by atoms with van der Waals surface area (Å²) >= 11 is 5.67. The maximum atomic E-state index is 11.6. The molecule has 2 aromatic heterocycles. The quantitative estimate of drug-likeness (QED) is 0.836. The summed E-state index contributed by atoms with van der Waals surface area (Å²) in [5, 5.41) is 4.35. The van der Waals surface area contributed by atoms with Crippen molar-refractivity contribution < 1.29 is 0 Å². The summed E-state index contributed by atoms with van der Waals surface area (Å²) in [4.78, 5) is 15.4. The summed E-state index contributed by atoms with van der Waals surface area (Å²) in [6.45, 7) is 4.50. The monoisotopic (exact) mass is 252 g/mol. The molecule has 0 aromatic carbocycles. The Balaban J connectivity index is 2.26. The van der Waals surface area contributed by atoms with E-state index in [-0.39, 0.29) is 10.7 Å². The molecule has 2 rings (SSSR count). The lowest BCUT2D eigenvalue weighted by Gasteiger charge is -2.05. The maximum absolute atomic E-state index is 11.6. The van der Waals surface area contributed by atoms with Crippen LogP contribution >= 0.6 is 11.6 Å². The number of aromatic nitrogens is 4. The molecular weight excluding hydrogens is 240 g/mol. The van der Waals surface area contributed by atoms with E-state index in [1.54, 1.807) is 6.20 Å². The second kappa shape index (κ2) is 4.71. The molecular formula is C11H13ClN4O. The van der Waals surface area contributed by atoms with Crippen LogP contribution < -0.4 is 5.56 Å². The number of halogens is 1. The van der Waals surface area contributed by atoms with Gasteiger partial charge in [-0.05, 0) is 19.9 Å². The van der Waals surface area contributed by atoms with E-state index in [1.807, 2.05) is 30.8 Å². The van der Waals surface area contributed by atoms with E-state index in [4.69, 9.17) is 11.6 Å². The van der Waals surface area contributed by atoms with E-state index in [9.17, 15) is 4.79 Å². The largest absolute Gasteiger partial charge is 0.305 e. The molecule has 0 amide bonds. The Morgan fingerprint density at radius 1 is 1.41 bits per heavy atom. The summed E-state index contributed by atoms with van der Waals surface area (Å²) in [5.41, 5.74) is 0.524. The lowest BCUT2D eigenvalue weighted by atomic mass is 10.4. The van der Waals surface area contributed by atoms with E-state index in [0.29, 0.717) is 12.6 Å². The predicted molar refractivity (Wildman–Crippen MR) is 65.2 cm³/mol. The van der Waals surface area contributed by atoms with E-state index in [0.717, 1.165) is 5.69 Å². The summed E-state index contributed by atoms with van der Waals surface area (Å²) in [7, 11) is 0. The van der Waals surface area contributed by atoms with E-state index < -0.39 is 0 Å². The lowest BCUT2D eigenvalue weighted by molar-refractivity contribution is 0.523. The molecule has 0 N–H and O–H groups in total. The molecule has 0 unspecified atom stereocenters. The lowest BCUT2D eigenvalue weighted by Crippen LogP contribution is -2.21. The first-order valence-corrected chi connectivity index (χ1v) is 5.70. The standard InChI is InChI=1S/C11H13ClN4O/c1-8(2)16-5-3-9(14-16)7-15-6-4-13-10(12)11(15)17/h3-6,8H,7H2,1-2H3. The summed E-state index contributed by atoms with van der Waals surface area (Å²) in [6, 6.07) is 2.20. The van der Waals surface area contributed by atoms with Crippen molar-refractivity contribution in [2.24, 2.45) is 0 Å². The third-order valence-electron chi connectivity index (χ3n) is 2.40. The highest BCUT2D eigenvalue weighted by Crippen LogP contribution is 2.05. The van der Waals surface area contributed by atoms with Gasteiger partial charge in [0.2, 0.25) is 0 Å². The second-order valence-electron chi connectivity index (χ2n) is 4.03. The molecule has 0 fully saturated rings. The van der Waals surface area contributed by atoms with Crippen molar-refractivity contribution in [3.05, 3.63) is 45.9 Å². The molecule has 0 aliphatic rings. The molecule has 0 saturated carbocycles. The zero-order valence-corrected chi connectivity index (χ0v) is 10.4. The fourth-order valence-electron chi connectivity index (χ4n) is 1.47. The Kier molecular flexibility index (Phi) is 3.28. The highest BCUT2D eigenvalue weighted by molar-refractivity contribution is 6.29. The Labute approximate surface area is 104 Å². The van der Waals surface area contributed by atoms with Crippen LogP contribution in [0.3, 0.4) is 0 Å². The molecule has 2 heterocycles. The molecule has 0 aliphatic carbocycles. The molecule has 0 spiro atoms. The van der Waals surface area contributed by atoms with Gasteiger partial charge >= 0.3 is 0 Å². The number of rotatable bonds is 3. The number of hydrogen-bond acceptors (Lipinski definition) is 3. The van der Waals surface area contributed by atoms with E-state index in [1.165, 1.54) is 10.8 Å². The van der Waals surface area contributed by atoms with Gasteiger partial charge in [-0.1, -0.05) is 11.6 Å². The topological polar surface area (TPSA) is 52.7 Å². The minimum absolute atomic E-state index is 0.0178. The van der Waals surface area contributed by atoms with Crippen molar-refractivity contribution in [2.75, 3.05) is 0 Å². The number of nitrogens with zero attached hydrogens (tertiary/aromatic N) is 4. The van der Waals surface area contributed by atoms with Crippen molar-refractivity contribution in [3.8, 4) is 0 Å². The van der Waals surface area contributed by atoms with Crippen LogP contribution in [0, 0.1) is 0 Å². The second-order valence-corrected chi connectivity index (χ2v) is 4.39. The van der Waals surface area contributed by atoms with Crippen molar-refractivity contribution >= 4 is 11.6 Å². The first kappa shape index (κ1) is 11.9. The van der Waals surface area contributed by atoms with Gasteiger partial charge in [-0.15, -0.1) is 0 Å². The van der Waals surface area contributed by atoms with Crippen LogP contribution in [0.2, 0.25) is 5.15 Å². The van der Waals surface area contributed by atoms with Crippen molar-refractivity contribution in [1.29, 1.82) is 0 Å².